The molecule has 2 aromatic rings. The van der Waals surface area contributed by atoms with Gasteiger partial charge in [-0.3, -0.25) is 14.4 Å². The van der Waals surface area contributed by atoms with Crippen LogP contribution in [0, 0.1) is 5.92 Å². The minimum atomic E-state index is -0.830. The second-order valence-electron chi connectivity index (χ2n) is 9.85. The Hall–Kier alpha value is -3.04. The van der Waals surface area contributed by atoms with Gasteiger partial charge in [0.2, 0.25) is 17.7 Å². The van der Waals surface area contributed by atoms with E-state index in [9.17, 15) is 19.5 Å². The van der Waals surface area contributed by atoms with Crippen molar-refractivity contribution in [2.24, 2.45) is 11.7 Å². The highest BCUT2D eigenvalue weighted by Crippen LogP contribution is 2.19. The Balaban J connectivity index is 1.95. The smallest absolute Gasteiger partial charge is 0.246 e. The first-order chi connectivity index (χ1) is 18.2. The van der Waals surface area contributed by atoms with Gasteiger partial charge >= 0.3 is 0 Å². The van der Waals surface area contributed by atoms with E-state index in [2.05, 4.69) is 29.8 Å². The van der Waals surface area contributed by atoms with E-state index in [0.717, 1.165) is 17.5 Å². The Kier molecular flexibility index (Phi) is 13.7. The molecule has 0 heterocycles. The maximum absolute atomic E-state index is 13.2. The quantitative estimate of drug-likeness (QED) is 0.220. The molecule has 0 aliphatic carbocycles. The van der Waals surface area contributed by atoms with Crippen LogP contribution < -0.4 is 21.7 Å². The number of phenols is 1. The molecule has 0 spiro atoms. The molecule has 2 rings (SSSR count). The number of phenolic OH excluding ortho intramolecular Hbond substituents is 1. The summed E-state index contributed by atoms with van der Waals surface area (Å²) in [4.78, 5) is 38.1. The molecular weight excluding hydrogens is 500 g/mol. The third kappa shape index (κ3) is 11.6. The molecule has 38 heavy (non-hydrogen) atoms. The lowest BCUT2D eigenvalue weighted by molar-refractivity contribution is -0.127. The van der Waals surface area contributed by atoms with Crippen LogP contribution >= 0.6 is 11.8 Å². The van der Waals surface area contributed by atoms with E-state index in [4.69, 9.17) is 5.73 Å². The predicted octanol–water partition coefficient (Wildman–Crippen LogP) is 3.62. The number of aryl methyl sites for hydroxylation is 1. The number of benzene rings is 2. The Morgan fingerprint density at radius 3 is 2.39 bits per heavy atom. The summed E-state index contributed by atoms with van der Waals surface area (Å²) in [6.45, 7) is 4.94. The number of anilines is 1. The third-order valence-corrected chi connectivity index (χ3v) is 6.79. The summed E-state index contributed by atoms with van der Waals surface area (Å²) in [5.41, 5.74) is 8.55. The van der Waals surface area contributed by atoms with Crippen molar-refractivity contribution in [3.05, 3.63) is 59.7 Å². The normalized spacial score (nSPS) is 12.6. The van der Waals surface area contributed by atoms with Crippen molar-refractivity contribution < 1.29 is 19.5 Å². The van der Waals surface area contributed by atoms with Crippen molar-refractivity contribution in [2.45, 2.75) is 64.5 Å². The van der Waals surface area contributed by atoms with Crippen LogP contribution in [0.1, 0.15) is 50.7 Å². The molecule has 0 aliphatic heterocycles. The van der Waals surface area contributed by atoms with Crippen LogP contribution in [0.5, 0.6) is 5.75 Å². The highest BCUT2D eigenvalue weighted by molar-refractivity contribution is 7.98. The second-order valence-corrected chi connectivity index (χ2v) is 10.8. The number of amides is 3. The van der Waals surface area contributed by atoms with E-state index in [0.29, 0.717) is 49.6 Å². The largest absolute Gasteiger partial charge is 0.508 e. The molecule has 0 bridgehead atoms. The fourth-order valence-electron chi connectivity index (χ4n) is 3.87. The molecule has 0 radical (unpaired) electrons. The number of para-hydroxylation sites is 1. The van der Waals surface area contributed by atoms with E-state index in [-0.39, 0.29) is 24.0 Å². The minimum absolute atomic E-state index is 0.0376. The monoisotopic (exact) mass is 542 g/mol. The van der Waals surface area contributed by atoms with Crippen molar-refractivity contribution in [1.29, 1.82) is 0 Å². The molecule has 0 fully saturated rings. The summed E-state index contributed by atoms with van der Waals surface area (Å²) in [5.74, 6) is 0.713. The van der Waals surface area contributed by atoms with Gasteiger partial charge < -0.3 is 26.8 Å². The second kappa shape index (κ2) is 16.7. The van der Waals surface area contributed by atoms with E-state index < -0.39 is 18.0 Å². The maximum atomic E-state index is 13.2. The van der Waals surface area contributed by atoms with Crippen LogP contribution in [0.15, 0.2) is 48.5 Å². The van der Waals surface area contributed by atoms with Gasteiger partial charge in [0.25, 0.3) is 0 Å². The lowest BCUT2D eigenvalue weighted by Gasteiger charge is -2.21. The molecule has 9 heteroatoms. The van der Waals surface area contributed by atoms with Crippen molar-refractivity contribution in [3.8, 4) is 5.75 Å². The lowest BCUT2D eigenvalue weighted by atomic mass is 10.0. The topological polar surface area (TPSA) is 134 Å². The van der Waals surface area contributed by atoms with Gasteiger partial charge in [-0.15, -0.1) is 0 Å². The van der Waals surface area contributed by atoms with Crippen molar-refractivity contribution >= 4 is 35.2 Å². The average Bonchev–Trinajstić information content (AvgIpc) is 2.88. The number of rotatable bonds is 16. The van der Waals surface area contributed by atoms with E-state index in [1.165, 1.54) is 0 Å². The van der Waals surface area contributed by atoms with Crippen molar-refractivity contribution in [3.63, 3.8) is 0 Å². The molecular formula is C29H42N4O4S. The Bertz CT molecular complexity index is 1030. The van der Waals surface area contributed by atoms with Gasteiger partial charge in [0, 0.05) is 18.7 Å². The number of nitrogens with two attached hydrogens (primary N) is 1. The van der Waals surface area contributed by atoms with Crippen LogP contribution in [-0.4, -0.2) is 53.5 Å². The van der Waals surface area contributed by atoms with Crippen molar-refractivity contribution in [2.75, 3.05) is 23.9 Å². The van der Waals surface area contributed by atoms with Crippen LogP contribution in [-0.2, 0) is 27.2 Å². The summed E-state index contributed by atoms with van der Waals surface area (Å²) >= 11 is 1.59. The molecule has 0 aromatic heterocycles. The summed E-state index contributed by atoms with van der Waals surface area (Å²) in [6, 6.07) is 12.5. The number of aromatic hydroxyl groups is 1. The number of hydrogen-bond donors (Lipinski definition) is 5. The van der Waals surface area contributed by atoms with Crippen molar-refractivity contribution in [1.82, 2.24) is 10.6 Å². The van der Waals surface area contributed by atoms with E-state index in [1.807, 2.05) is 30.5 Å². The lowest BCUT2D eigenvalue weighted by Crippen LogP contribution is -2.50. The van der Waals surface area contributed by atoms with E-state index in [1.54, 1.807) is 36.0 Å². The minimum Gasteiger partial charge on any atom is -0.508 e. The number of carbonyl (C=O) groups is 3. The van der Waals surface area contributed by atoms with Gasteiger partial charge in [0.15, 0.2) is 0 Å². The summed E-state index contributed by atoms with van der Waals surface area (Å²) in [6.07, 6.45) is 5.39. The Labute approximate surface area is 230 Å². The Morgan fingerprint density at radius 1 is 1.00 bits per heavy atom. The zero-order valence-electron chi connectivity index (χ0n) is 22.7. The van der Waals surface area contributed by atoms with Gasteiger partial charge in [-0.25, -0.2) is 0 Å². The zero-order valence-corrected chi connectivity index (χ0v) is 23.5. The SMILES string of the molecule is CSCC[C@H](NC(=O)[C@@H](N)Cc1ccc(O)cc1)C(=O)Nc1ccccc1CCCC(=O)NCCC(C)C. The summed E-state index contributed by atoms with van der Waals surface area (Å²) < 4.78 is 0. The highest BCUT2D eigenvalue weighted by atomic mass is 32.2. The van der Waals surface area contributed by atoms with Gasteiger partial charge in [0.1, 0.15) is 11.8 Å². The van der Waals surface area contributed by atoms with Gasteiger partial charge in [-0.2, -0.15) is 11.8 Å². The van der Waals surface area contributed by atoms with Gasteiger partial charge in [-0.1, -0.05) is 44.2 Å². The molecule has 8 nitrogen and oxygen atoms in total. The molecule has 0 aliphatic rings. The maximum Gasteiger partial charge on any atom is 0.246 e. The fraction of sp³-hybridized carbons (Fsp3) is 0.483. The molecule has 3 amide bonds. The van der Waals surface area contributed by atoms with Gasteiger partial charge in [0.05, 0.1) is 6.04 Å². The summed E-state index contributed by atoms with van der Waals surface area (Å²) in [7, 11) is 0. The summed E-state index contributed by atoms with van der Waals surface area (Å²) in [5, 5.41) is 18.2. The number of thioether (sulfide) groups is 1. The average molecular weight is 543 g/mol. The number of carbonyl (C=O) groups excluding carboxylic acids is 3. The first-order valence-electron chi connectivity index (χ1n) is 13.2. The molecule has 0 saturated heterocycles. The molecule has 6 N–H and O–H groups in total. The Morgan fingerprint density at radius 2 is 1.71 bits per heavy atom. The molecule has 2 aromatic carbocycles. The number of nitrogens with one attached hydrogen (secondary N) is 3. The predicted molar refractivity (Wildman–Crippen MR) is 155 cm³/mol. The molecule has 0 saturated carbocycles. The van der Waals surface area contributed by atoms with E-state index >= 15 is 0 Å². The highest BCUT2D eigenvalue weighted by Gasteiger charge is 2.24. The van der Waals surface area contributed by atoms with Crippen LogP contribution in [0.25, 0.3) is 0 Å². The molecule has 2 atom stereocenters. The fourth-order valence-corrected chi connectivity index (χ4v) is 4.34. The first kappa shape index (κ1) is 31.2. The standard InChI is InChI=1S/C29H42N4O4S/c1-20(2)15-17-31-27(35)10-6-8-22-7-4-5-9-25(22)32-29(37)26(16-18-38-3)33-28(36)24(30)19-21-11-13-23(34)14-12-21/h4-5,7,9,11-14,20,24,26,34H,6,8,10,15-19,30H2,1-3H3,(H,31,35)(H,32,37)(H,33,36)/t24-,26-/m0/s1. The van der Waals surface area contributed by atoms with Crippen LogP contribution in [0.3, 0.4) is 0 Å². The zero-order chi connectivity index (χ0) is 27.9. The number of hydrogen-bond acceptors (Lipinski definition) is 6. The third-order valence-electron chi connectivity index (χ3n) is 6.14. The van der Waals surface area contributed by atoms with Crippen LogP contribution in [0.2, 0.25) is 0 Å². The molecule has 208 valence electrons. The molecule has 0 unspecified atom stereocenters. The van der Waals surface area contributed by atoms with Crippen LogP contribution in [0.4, 0.5) is 5.69 Å². The first-order valence-corrected chi connectivity index (χ1v) is 14.6. The van der Waals surface area contributed by atoms with Gasteiger partial charge in [-0.05, 0) is 79.4 Å².